The van der Waals surface area contributed by atoms with Gasteiger partial charge in [-0.1, -0.05) is 104 Å². The predicted molar refractivity (Wildman–Crippen MR) is 131 cm³/mol. The molecule has 1 aliphatic heterocycles. The van der Waals surface area contributed by atoms with E-state index in [9.17, 15) is 9.46 Å². The summed E-state index contributed by atoms with van der Waals surface area (Å²) in [6.07, 6.45) is 19.6. The molecule has 6 heteroatoms. The van der Waals surface area contributed by atoms with Crippen LogP contribution in [0.15, 0.2) is 0 Å². The number of nitrogens with zero attached hydrogens (tertiary/aromatic N) is 1. The lowest BCUT2D eigenvalue weighted by Gasteiger charge is -2.33. The summed E-state index contributed by atoms with van der Waals surface area (Å²) in [5, 5.41) is 0. The number of hydrogen-bond donors (Lipinski definition) is 1. The molecular weight excluding hydrogens is 409 g/mol. The molecule has 0 aromatic carbocycles. The number of likely N-dealkylation sites (tertiary alicyclic amines) is 1. The molecule has 31 heavy (non-hydrogen) atoms. The van der Waals surface area contributed by atoms with Crippen LogP contribution in [0.2, 0.25) is 0 Å². The van der Waals surface area contributed by atoms with E-state index < -0.39 is 7.82 Å². The monoisotopic (exact) mass is 461 g/mol. The molecule has 1 fully saturated rings. The van der Waals surface area contributed by atoms with E-state index >= 15 is 0 Å². The van der Waals surface area contributed by atoms with Crippen molar-refractivity contribution in [2.75, 3.05) is 26.2 Å². The number of unbranched alkanes of at least 4 members (excludes halogenated alkanes) is 13. The Morgan fingerprint density at radius 3 is 1.74 bits per heavy atom. The molecule has 1 rings (SSSR count). The van der Waals surface area contributed by atoms with Crippen LogP contribution < -0.4 is 0 Å². The van der Waals surface area contributed by atoms with E-state index in [0.717, 1.165) is 45.3 Å². The molecule has 0 aromatic rings. The standard InChI is InChI=1S/C25H52NO4P/c1-4-5-6-7-8-9-10-11-12-13-14-15-16-17-22-29-31(27,28)30-25-18-20-26(21-19-25)23-24(2)3/h24-25H,4-23H2,1-3H3,(H,27,28). The van der Waals surface area contributed by atoms with Gasteiger partial charge in [-0.05, 0) is 25.2 Å². The highest BCUT2D eigenvalue weighted by Gasteiger charge is 2.29. The normalized spacial score (nSPS) is 18.0. The molecule has 1 saturated heterocycles. The molecule has 0 saturated carbocycles. The van der Waals surface area contributed by atoms with E-state index in [1.807, 2.05) is 0 Å². The van der Waals surface area contributed by atoms with Gasteiger partial charge in [-0.15, -0.1) is 0 Å². The molecule has 1 atom stereocenters. The highest BCUT2D eigenvalue weighted by Crippen LogP contribution is 2.46. The van der Waals surface area contributed by atoms with E-state index in [0.29, 0.717) is 12.5 Å². The molecule has 1 unspecified atom stereocenters. The van der Waals surface area contributed by atoms with Crippen molar-refractivity contribution >= 4 is 7.82 Å². The van der Waals surface area contributed by atoms with Crippen LogP contribution in [0.3, 0.4) is 0 Å². The van der Waals surface area contributed by atoms with Crippen molar-refractivity contribution < 1.29 is 18.5 Å². The minimum Gasteiger partial charge on any atom is -0.303 e. The average Bonchev–Trinajstić information content (AvgIpc) is 2.72. The number of phosphoric ester groups is 1. The molecule has 0 amide bonds. The zero-order valence-corrected chi connectivity index (χ0v) is 21.8. The van der Waals surface area contributed by atoms with E-state index in [2.05, 4.69) is 25.7 Å². The summed E-state index contributed by atoms with van der Waals surface area (Å²) in [5.41, 5.74) is 0. The van der Waals surface area contributed by atoms with Crippen LogP contribution in [0.1, 0.15) is 124 Å². The number of rotatable bonds is 20. The van der Waals surface area contributed by atoms with E-state index in [-0.39, 0.29) is 6.10 Å². The first-order valence-electron chi connectivity index (χ1n) is 13.3. The van der Waals surface area contributed by atoms with Crippen LogP contribution in [0.4, 0.5) is 0 Å². The summed E-state index contributed by atoms with van der Waals surface area (Å²) in [6.45, 7) is 9.97. The summed E-state index contributed by atoms with van der Waals surface area (Å²) in [5.74, 6) is 0.648. The largest absolute Gasteiger partial charge is 0.472 e. The Kier molecular flexibility index (Phi) is 17.4. The molecule has 5 nitrogen and oxygen atoms in total. The Morgan fingerprint density at radius 1 is 0.839 bits per heavy atom. The van der Waals surface area contributed by atoms with Crippen molar-refractivity contribution in [3.63, 3.8) is 0 Å². The van der Waals surface area contributed by atoms with E-state index in [1.54, 1.807) is 0 Å². The molecule has 0 radical (unpaired) electrons. The van der Waals surface area contributed by atoms with Crippen molar-refractivity contribution in [3.8, 4) is 0 Å². The Labute approximate surface area is 193 Å². The van der Waals surface area contributed by atoms with Crippen LogP contribution in [0, 0.1) is 5.92 Å². The maximum absolute atomic E-state index is 12.2. The van der Waals surface area contributed by atoms with Gasteiger partial charge in [0, 0.05) is 19.6 Å². The second kappa shape index (κ2) is 18.5. The molecule has 186 valence electrons. The fraction of sp³-hybridized carbons (Fsp3) is 1.00. The lowest BCUT2D eigenvalue weighted by molar-refractivity contribution is 0.0542. The maximum Gasteiger partial charge on any atom is 0.472 e. The van der Waals surface area contributed by atoms with Crippen LogP contribution >= 0.6 is 7.82 Å². The molecule has 0 aromatic heterocycles. The lowest BCUT2D eigenvalue weighted by atomic mass is 10.0. The van der Waals surface area contributed by atoms with Gasteiger partial charge in [0.25, 0.3) is 0 Å². The Balaban J connectivity index is 1.89. The Bertz CT molecular complexity index is 453. The Morgan fingerprint density at radius 2 is 1.29 bits per heavy atom. The third-order valence-electron chi connectivity index (χ3n) is 6.19. The highest BCUT2D eigenvalue weighted by molar-refractivity contribution is 7.47. The summed E-state index contributed by atoms with van der Waals surface area (Å²) in [4.78, 5) is 12.4. The third-order valence-corrected chi connectivity index (χ3v) is 7.27. The highest BCUT2D eigenvalue weighted by atomic mass is 31.2. The smallest absolute Gasteiger partial charge is 0.303 e. The van der Waals surface area contributed by atoms with Gasteiger partial charge in [-0.25, -0.2) is 4.57 Å². The van der Waals surface area contributed by atoms with Crippen molar-refractivity contribution in [3.05, 3.63) is 0 Å². The second-order valence-electron chi connectivity index (χ2n) is 9.90. The zero-order valence-electron chi connectivity index (χ0n) is 20.9. The van der Waals surface area contributed by atoms with Crippen LogP contribution in [0.25, 0.3) is 0 Å². The lowest BCUT2D eigenvalue weighted by Crippen LogP contribution is -2.38. The second-order valence-corrected chi connectivity index (χ2v) is 11.3. The molecular formula is C25H52NO4P. The average molecular weight is 462 g/mol. The van der Waals surface area contributed by atoms with Crippen molar-refractivity contribution in [1.29, 1.82) is 0 Å². The number of hydrogen-bond acceptors (Lipinski definition) is 4. The van der Waals surface area contributed by atoms with Crippen LogP contribution in [-0.2, 0) is 13.6 Å². The summed E-state index contributed by atoms with van der Waals surface area (Å²) in [7, 11) is -3.91. The first kappa shape index (κ1) is 29.1. The molecule has 0 bridgehead atoms. The summed E-state index contributed by atoms with van der Waals surface area (Å²) >= 11 is 0. The Hall–Kier alpha value is 0.0700. The quantitative estimate of drug-likeness (QED) is 0.148. The van der Waals surface area contributed by atoms with Crippen molar-refractivity contribution in [2.45, 2.75) is 130 Å². The fourth-order valence-electron chi connectivity index (χ4n) is 4.41. The van der Waals surface area contributed by atoms with Gasteiger partial charge in [0.15, 0.2) is 0 Å². The molecule has 0 spiro atoms. The van der Waals surface area contributed by atoms with Gasteiger partial charge < -0.3 is 9.79 Å². The van der Waals surface area contributed by atoms with Crippen LogP contribution in [-0.4, -0.2) is 42.1 Å². The predicted octanol–water partition coefficient (Wildman–Crippen LogP) is 7.72. The summed E-state index contributed by atoms with van der Waals surface area (Å²) < 4.78 is 22.8. The summed E-state index contributed by atoms with van der Waals surface area (Å²) in [6, 6.07) is 0. The first-order chi connectivity index (χ1) is 14.9. The molecule has 1 N–H and O–H groups in total. The van der Waals surface area contributed by atoms with Gasteiger partial charge >= 0.3 is 7.82 Å². The van der Waals surface area contributed by atoms with Gasteiger partial charge in [0.2, 0.25) is 0 Å². The minimum absolute atomic E-state index is 0.157. The van der Waals surface area contributed by atoms with E-state index in [1.165, 1.54) is 77.0 Å². The zero-order chi connectivity index (χ0) is 22.8. The van der Waals surface area contributed by atoms with Crippen molar-refractivity contribution in [2.24, 2.45) is 5.92 Å². The topological polar surface area (TPSA) is 59.0 Å². The number of piperidine rings is 1. The van der Waals surface area contributed by atoms with Gasteiger partial charge in [-0.2, -0.15) is 0 Å². The third kappa shape index (κ3) is 17.2. The fourth-order valence-corrected chi connectivity index (χ4v) is 5.42. The van der Waals surface area contributed by atoms with Gasteiger partial charge in [0.1, 0.15) is 0 Å². The van der Waals surface area contributed by atoms with Gasteiger partial charge in [0.05, 0.1) is 12.7 Å². The van der Waals surface area contributed by atoms with Crippen LogP contribution in [0.5, 0.6) is 0 Å². The SMILES string of the molecule is CCCCCCCCCCCCCCCCOP(=O)(O)OC1CCN(CC(C)C)CC1. The van der Waals surface area contributed by atoms with Crippen molar-refractivity contribution in [1.82, 2.24) is 4.90 Å². The number of phosphoric acid groups is 1. The minimum atomic E-state index is -3.91. The first-order valence-corrected chi connectivity index (χ1v) is 14.8. The van der Waals surface area contributed by atoms with Gasteiger partial charge in [-0.3, -0.25) is 9.05 Å². The molecule has 0 aliphatic carbocycles. The maximum atomic E-state index is 12.2. The van der Waals surface area contributed by atoms with E-state index in [4.69, 9.17) is 9.05 Å². The molecule has 1 aliphatic rings. The molecule has 1 heterocycles.